The van der Waals surface area contributed by atoms with Gasteiger partial charge in [0.05, 0.1) is 11.5 Å². The number of benzene rings is 1. The van der Waals surface area contributed by atoms with Gasteiger partial charge >= 0.3 is 0 Å². The molecule has 17 heavy (non-hydrogen) atoms. The molecule has 3 heteroatoms. The Morgan fingerprint density at radius 1 is 1.06 bits per heavy atom. The molecule has 0 saturated carbocycles. The quantitative estimate of drug-likeness (QED) is 0.727. The van der Waals surface area contributed by atoms with Crippen LogP contribution in [-0.2, 0) is 0 Å². The summed E-state index contributed by atoms with van der Waals surface area (Å²) >= 11 is 0. The summed E-state index contributed by atoms with van der Waals surface area (Å²) in [6.45, 7) is 3.95. The Hall–Kier alpha value is -2.42. The van der Waals surface area contributed by atoms with Crippen LogP contribution in [-0.4, -0.2) is 5.97 Å². The molecule has 1 aromatic heterocycles. The number of hydrogen-bond acceptors (Lipinski definition) is 2. The zero-order valence-electron chi connectivity index (χ0n) is 9.17. The number of carboxylic acids is 1. The highest BCUT2D eigenvalue weighted by Crippen LogP contribution is 2.08. The van der Waals surface area contributed by atoms with Crippen molar-refractivity contribution in [3.05, 3.63) is 72.6 Å². The lowest BCUT2D eigenvalue weighted by Crippen LogP contribution is -2.34. The van der Waals surface area contributed by atoms with Gasteiger partial charge in [-0.15, -0.1) is 0 Å². The molecular formula is C14H11NO2. The van der Waals surface area contributed by atoms with E-state index in [1.165, 1.54) is 12.3 Å². The molecule has 0 aliphatic heterocycles. The number of aromatic nitrogens is 1. The van der Waals surface area contributed by atoms with E-state index in [0.29, 0.717) is 5.70 Å². The third-order valence-corrected chi connectivity index (χ3v) is 2.46. The summed E-state index contributed by atoms with van der Waals surface area (Å²) in [5.41, 5.74) is 1.78. The Kier molecular flexibility index (Phi) is 3.01. The zero-order valence-corrected chi connectivity index (χ0v) is 9.17. The second-order valence-electron chi connectivity index (χ2n) is 3.60. The summed E-state index contributed by atoms with van der Waals surface area (Å²) in [5, 5.41) is 10.8. The lowest BCUT2D eigenvalue weighted by atomic mass is 10.1. The number of aromatic carboxylic acids is 1. The van der Waals surface area contributed by atoms with E-state index in [9.17, 15) is 9.90 Å². The van der Waals surface area contributed by atoms with Crippen LogP contribution in [0.2, 0.25) is 0 Å². The van der Waals surface area contributed by atoms with Crippen LogP contribution >= 0.6 is 0 Å². The monoisotopic (exact) mass is 225 g/mol. The molecule has 84 valence electrons. The fourth-order valence-corrected chi connectivity index (χ4v) is 1.54. The molecule has 0 saturated heterocycles. The topological polar surface area (TPSA) is 44.0 Å². The maximum atomic E-state index is 10.8. The maximum Gasteiger partial charge on any atom is 0.210 e. The molecule has 0 aliphatic rings. The normalized spacial score (nSPS) is 9.88. The second kappa shape index (κ2) is 4.61. The highest BCUT2D eigenvalue weighted by Gasteiger charge is 2.10. The van der Waals surface area contributed by atoms with Gasteiger partial charge in [-0.25, -0.2) is 0 Å². The highest BCUT2D eigenvalue weighted by molar-refractivity contribution is 5.84. The van der Waals surface area contributed by atoms with Crippen LogP contribution < -0.4 is 9.67 Å². The lowest BCUT2D eigenvalue weighted by Gasteiger charge is -2.03. The Bertz CT molecular complexity index is 561. The van der Waals surface area contributed by atoms with Gasteiger partial charge in [-0.2, -0.15) is 4.57 Å². The summed E-state index contributed by atoms with van der Waals surface area (Å²) < 4.78 is 1.67. The first-order valence-electron chi connectivity index (χ1n) is 5.16. The predicted molar refractivity (Wildman–Crippen MR) is 61.8 cm³/mol. The number of carbonyl (C=O) groups excluding carboxylic acids is 1. The average molecular weight is 225 g/mol. The largest absolute Gasteiger partial charge is 0.545 e. The molecule has 2 rings (SSSR count). The Morgan fingerprint density at radius 3 is 2.35 bits per heavy atom. The van der Waals surface area contributed by atoms with Crippen LogP contribution in [0.15, 0.2) is 61.4 Å². The van der Waals surface area contributed by atoms with E-state index in [2.05, 4.69) is 6.58 Å². The van der Waals surface area contributed by atoms with Gasteiger partial charge in [-0.05, 0) is 24.8 Å². The van der Waals surface area contributed by atoms with Crippen LogP contribution in [0.3, 0.4) is 0 Å². The van der Waals surface area contributed by atoms with Crippen LogP contribution in [0.1, 0.15) is 15.9 Å². The summed E-state index contributed by atoms with van der Waals surface area (Å²) in [6, 6.07) is 12.7. The van der Waals surface area contributed by atoms with Crippen molar-refractivity contribution >= 4 is 11.7 Å². The van der Waals surface area contributed by atoms with E-state index in [-0.39, 0.29) is 5.56 Å². The number of pyridine rings is 1. The van der Waals surface area contributed by atoms with Crippen molar-refractivity contribution in [3.63, 3.8) is 0 Å². The summed E-state index contributed by atoms with van der Waals surface area (Å²) in [6.07, 6.45) is 3.24. The molecule has 0 spiro atoms. The molecule has 1 heterocycles. The number of hydrogen-bond donors (Lipinski definition) is 0. The first-order chi connectivity index (χ1) is 8.18. The van der Waals surface area contributed by atoms with Gasteiger partial charge in [-0.3, -0.25) is 0 Å². The molecule has 0 radical (unpaired) electrons. The van der Waals surface area contributed by atoms with Crippen LogP contribution in [0.4, 0.5) is 0 Å². The van der Waals surface area contributed by atoms with Gasteiger partial charge in [0.25, 0.3) is 0 Å². The highest BCUT2D eigenvalue weighted by atomic mass is 16.4. The Balaban J connectivity index is 2.38. The minimum atomic E-state index is -1.19. The third kappa shape index (κ3) is 2.39. The SMILES string of the molecule is C=C(c1ccccc1)[n+]1cccc(C(=O)[O-])c1. The Morgan fingerprint density at radius 2 is 1.71 bits per heavy atom. The van der Waals surface area contributed by atoms with Crippen LogP contribution in [0.25, 0.3) is 5.70 Å². The van der Waals surface area contributed by atoms with Crippen molar-refractivity contribution in [2.45, 2.75) is 0 Å². The fraction of sp³-hybridized carbons (Fsp3) is 0. The molecule has 0 bridgehead atoms. The first-order valence-corrected chi connectivity index (χ1v) is 5.16. The van der Waals surface area contributed by atoms with Crippen LogP contribution in [0, 0.1) is 0 Å². The van der Waals surface area contributed by atoms with E-state index >= 15 is 0 Å². The Labute approximate surface area is 99.3 Å². The minimum absolute atomic E-state index is 0.129. The molecule has 2 aromatic rings. The minimum Gasteiger partial charge on any atom is -0.545 e. The van der Waals surface area contributed by atoms with E-state index in [1.54, 1.807) is 16.8 Å². The second-order valence-corrected chi connectivity index (χ2v) is 3.60. The number of carbonyl (C=O) groups is 1. The fourth-order valence-electron chi connectivity index (χ4n) is 1.54. The number of rotatable bonds is 3. The van der Waals surface area contributed by atoms with Crippen molar-refractivity contribution in [1.82, 2.24) is 0 Å². The van der Waals surface area contributed by atoms with Crippen molar-refractivity contribution in [2.75, 3.05) is 0 Å². The molecule has 0 N–H and O–H groups in total. The molecule has 0 fully saturated rings. The third-order valence-electron chi connectivity index (χ3n) is 2.46. The van der Waals surface area contributed by atoms with Crippen LogP contribution in [0.5, 0.6) is 0 Å². The van der Waals surface area contributed by atoms with Gasteiger partial charge < -0.3 is 9.90 Å². The van der Waals surface area contributed by atoms with E-state index in [0.717, 1.165) is 5.56 Å². The van der Waals surface area contributed by atoms with E-state index in [4.69, 9.17) is 0 Å². The predicted octanol–water partition coefficient (Wildman–Crippen LogP) is 0.857. The average Bonchev–Trinajstić information content (AvgIpc) is 2.39. The lowest BCUT2D eigenvalue weighted by molar-refractivity contribution is -0.579. The molecule has 0 amide bonds. The van der Waals surface area contributed by atoms with Gasteiger partial charge in [0.15, 0.2) is 12.4 Å². The van der Waals surface area contributed by atoms with Gasteiger partial charge in [0, 0.05) is 11.6 Å². The van der Waals surface area contributed by atoms with E-state index in [1.807, 2.05) is 30.3 Å². The van der Waals surface area contributed by atoms with Gasteiger partial charge in [0.2, 0.25) is 5.70 Å². The molecular weight excluding hydrogens is 214 g/mol. The molecule has 0 atom stereocenters. The molecule has 0 unspecified atom stereocenters. The van der Waals surface area contributed by atoms with Gasteiger partial charge in [0.1, 0.15) is 0 Å². The maximum absolute atomic E-state index is 10.8. The van der Waals surface area contributed by atoms with Crippen molar-refractivity contribution < 1.29 is 14.5 Å². The molecule has 3 nitrogen and oxygen atoms in total. The molecule has 0 aliphatic carbocycles. The van der Waals surface area contributed by atoms with E-state index < -0.39 is 5.97 Å². The van der Waals surface area contributed by atoms with Gasteiger partial charge in [-0.1, -0.05) is 18.2 Å². The number of nitrogens with zero attached hydrogens (tertiary/aromatic N) is 1. The first kappa shape index (κ1) is 11.1. The van der Waals surface area contributed by atoms with Crippen molar-refractivity contribution in [1.29, 1.82) is 0 Å². The summed E-state index contributed by atoms with van der Waals surface area (Å²) in [7, 11) is 0. The molecule has 1 aromatic carbocycles. The zero-order chi connectivity index (χ0) is 12.3. The van der Waals surface area contributed by atoms with Crippen molar-refractivity contribution in [2.24, 2.45) is 0 Å². The van der Waals surface area contributed by atoms with Crippen molar-refractivity contribution in [3.8, 4) is 0 Å². The number of carboxylic acid groups (broad SMARTS) is 1. The summed E-state index contributed by atoms with van der Waals surface area (Å²) in [4.78, 5) is 10.8. The standard InChI is InChI=1S/C14H11NO2/c1-11(12-6-3-2-4-7-12)15-9-5-8-13(10-15)14(16)17/h2-10H,1H2. The smallest absolute Gasteiger partial charge is 0.210 e. The summed E-state index contributed by atoms with van der Waals surface area (Å²) in [5.74, 6) is -1.19.